The SMILES string of the molecule is CC(CCCCl)(C(=O)O)c1ccc(F)cc1. The first-order valence-corrected chi connectivity index (χ1v) is 5.59. The minimum Gasteiger partial charge on any atom is -0.481 e. The second-order valence-electron chi connectivity index (χ2n) is 3.94. The van der Waals surface area contributed by atoms with Gasteiger partial charge in [-0.2, -0.15) is 0 Å². The fourth-order valence-electron chi connectivity index (χ4n) is 1.61. The highest BCUT2D eigenvalue weighted by Gasteiger charge is 2.34. The van der Waals surface area contributed by atoms with Crippen LogP contribution in [0.1, 0.15) is 25.3 Å². The molecule has 0 fully saturated rings. The Hall–Kier alpha value is -1.09. The van der Waals surface area contributed by atoms with E-state index in [4.69, 9.17) is 11.6 Å². The van der Waals surface area contributed by atoms with Crippen LogP contribution in [0.25, 0.3) is 0 Å². The van der Waals surface area contributed by atoms with Crippen molar-refractivity contribution in [2.75, 3.05) is 5.88 Å². The van der Waals surface area contributed by atoms with E-state index in [0.29, 0.717) is 24.3 Å². The second-order valence-corrected chi connectivity index (χ2v) is 4.31. The van der Waals surface area contributed by atoms with Crippen LogP contribution in [-0.2, 0) is 10.2 Å². The third-order valence-electron chi connectivity index (χ3n) is 2.76. The van der Waals surface area contributed by atoms with E-state index in [0.717, 1.165) is 0 Å². The quantitative estimate of drug-likeness (QED) is 0.808. The zero-order valence-corrected chi connectivity index (χ0v) is 9.80. The van der Waals surface area contributed by atoms with E-state index in [1.54, 1.807) is 6.92 Å². The molecule has 1 N–H and O–H groups in total. The molecule has 1 aromatic carbocycles. The lowest BCUT2D eigenvalue weighted by atomic mass is 9.79. The zero-order chi connectivity index (χ0) is 12.2. The maximum Gasteiger partial charge on any atom is 0.313 e. The third-order valence-corrected chi connectivity index (χ3v) is 3.03. The van der Waals surface area contributed by atoms with E-state index in [2.05, 4.69) is 0 Å². The molecule has 1 unspecified atom stereocenters. The Bertz CT molecular complexity index is 364. The van der Waals surface area contributed by atoms with Gasteiger partial charge in [-0.05, 0) is 37.5 Å². The minimum atomic E-state index is -0.997. The molecule has 16 heavy (non-hydrogen) atoms. The summed E-state index contributed by atoms with van der Waals surface area (Å²) in [7, 11) is 0. The van der Waals surface area contributed by atoms with E-state index in [1.807, 2.05) is 0 Å². The molecule has 0 saturated heterocycles. The lowest BCUT2D eigenvalue weighted by Crippen LogP contribution is -2.32. The van der Waals surface area contributed by atoms with Gasteiger partial charge in [0.1, 0.15) is 5.82 Å². The van der Waals surface area contributed by atoms with Crippen LogP contribution in [0.15, 0.2) is 24.3 Å². The Morgan fingerprint density at radius 1 is 1.44 bits per heavy atom. The third kappa shape index (κ3) is 2.73. The lowest BCUT2D eigenvalue weighted by molar-refractivity contribution is -0.143. The first-order valence-electron chi connectivity index (χ1n) is 5.06. The summed E-state index contributed by atoms with van der Waals surface area (Å²) in [6.07, 6.45) is 1.05. The molecule has 1 rings (SSSR count). The van der Waals surface area contributed by atoms with Crippen LogP contribution in [-0.4, -0.2) is 17.0 Å². The summed E-state index contributed by atoms with van der Waals surface area (Å²) in [5.74, 6) is -0.859. The largest absolute Gasteiger partial charge is 0.481 e. The van der Waals surface area contributed by atoms with Crippen LogP contribution < -0.4 is 0 Å². The van der Waals surface area contributed by atoms with Gasteiger partial charge in [-0.15, -0.1) is 11.6 Å². The summed E-state index contributed by atoms with van der Waals surface area (Å²) < 4.78 is 12.8. The fourth-order valence-corrected chi connectivity index (χ4v) is 1.75. The van der Waals surface area contributed by atoms with Crippen LogP contribution in [0.4, 0.5) is 4.39 Å². The number of halogens is 2. The number of hydrogen-bond donors (Lipinski definition) is 1. The van der Waals surface area contributed by atoms with Gasteiger partial charge in [0.15, 0.2) is 0 Å². The number of rotatable bonds is 5. The highest BCUT2D eigenvalue weighted by atomic mass is 35.5. The van der Waals surface area contributed by atoms with Gasteiger partial charge in [0, 0.05) is 5.88 Å². The monoisotopic (exact) mass is 244 g/mol. The fraction of sp³-hybridized carbons (Fsp3) is 0.417. The van der Waals surface area contributed by atoms with Crippen LogP contribution >= 0.6 is 11.6 Å². The van der Waals surface area contributed by atoms with Gasteiger partial charge in [-0.1, -0.05) is 12.1 Å². The summed E-state index contributed by atoms with van der Waals surface area (Å²) in [5, 5.41) is 9.25. The highest BCUT2D eigenvalue weighted by Crippen LogP contribution is 2.29. The molecule has 0 aromatic heterocycles. The molecule has 0 amide bonds. The van der Waals surface area contributed by atoms with Gasteiger partial charge in [0.2, 0.25) is 0 Å². The lowest BCUT2D eigenvalue weighted by Gasteiger charge is -2.25. The van der Waals surface area contributed by atoms with Crippen LogP contribution in [0.2, 0.25) is 0 Å². The van der Waals surface area contributed by atoms with Crippen molar-refractivity contribution in [2.45, 2.75) is 25.2 Å². The van der Waals surface area contributed by atoms with Crippen molar-refractivity contribution in [1.29, 1.82) is 0 Å². The van der Waals surface area contributed by atoms with Gasteiger partial charge in [0.25, 0.3) is 0 Å². The van der Waals surface area contributed by atoms with Crippen molar-refractivity contribution in [2.24, 2.45) is 0 Å². The van der Waals surface area contributed by atoms with Crippen LogP contribution in [0.5, 0.6) is 0 Å². The Labute approximate surface area is 99.0 Å². The summed E-state index contributed by atoms with van der Waals surface area (Å²) in [6, 6.07) is 5.57. The summed E-state index contributed by atoms with van der Waals surface area (Å²) in [5.41, 5.74) is -0.394. The molecule has 4 heteroatoms. The van der Waals surface area contributed by atoms with Gasteiger partial charge in [0.05, 0.1) is 5.41 Å². The molecule has 0 saturated carbocycles. The van der Waals surface area contributed by atoms with Gasteiger partial charge < -0.3 is 5.11 Å². The van der Waals surface area contributed by atoms with Gasteiger partial charge in [-0.3, -0.25) is 4.79 Å². The number of carboxylic acids is 1. The molecule has 0 aliphatic heterocycles. The first-order chi connectivity index (χ1) is 7.50. The molecular formula is C12H14ClFO2. The molecule has 0 aliphatic carbocycles. The molecule has 2 nitrogen and oxygen atoms in total. The standard InChI is InChI=1S/C12H14ClFO2/c1-12(11(15)16,7-2-8-13)9-3-5-10(14)6-4-9/h3-6H,2,7-8H2,1H3,(H,15,16). The summed E-state index contributed by atoms with van der Waals surface area (Å²) in [6.45, 7) is 1.63. The van der Waals surface area contributed by atoms with Crippen molar-refractivity contribution in [3.8, 4) is 0 Å². The Balaban J connectivity index is 3.01. The highest BCUT2D eigenvalue weighted by molar-refractivity contribution is 6.17. The molecule has 0 heterocycles. The number of aliphatic carboxylic acids is 1. The molecular weight excluding hydrogens is 231 g/mol. The number of carboxylic acid groups (broad SMARTS) is 1. The topological polar surface area (TPSA) is 37.3 Å². The molecule has 0 radical (unpaired) electrons. The number of benzene rings is 1. The number of alkyl halides is 1. The second kappa shape index (κ2) is 5.30. The van der Waals surface area contributed by atoms with E-state index in [-0.39, 0.29) is 5.82 Å². The Kier molecular flexibility index (Phi) is 4.30. The van der Waals surface area contributed by atoms with E-state index >= 15 is 0 Å². The molecule has 0 spiro atoms. The first kappa shape index (κ1) is 13.0. The average Bonchev–Trinajstić information content (AvgIpc) is 2.26. The molecule has 0 aliphatic rings. The molecule has 1 atom stereocenters. The smallest absolute Gasteiger partial charge is 0.313 e. The Morgan fingerprint density at radius 3 is 2.44 bits per heavy atom. The minimum absolute atomic E-state index is 0.367. The van der Waals surface area contributed by atoms with E-state index < -0.39 is 11.4 Å². The average molecular weight is 245 g/mol. The summed E-state index contributed by atoms with van der Waals surface area (Å²) >= 11 is 5.57. The van der Waals surface area contributed by atoms with Crippen molar-refractivity contribution < 1.29 is 14.3 Å². The van der Waals surface area contributed by atoms with Crippen molar-refractivity contribution >= 4 is 17.6 Å². The van der Waals surface area contributed by atoms with Crippen LogP contribution in [0, 0.1) is 5.82 Å². The Morgan fingerprint density at radius 2 is 2.00 bits per heavy atom. The van der Waals surface area contributed by atoms with Crippen LogP contribution in [0.3, 0.4) is 0 Å². The maximum atomic E-state index is 12.8. The van der Waals surface area contributed by atoms with Crippen molar-refractivity contribution in [1.82, 2.24) is 0 Å². The van der Waals surface area contributed by atoms with Crippen molar-refractivity contribution in [3.63, 3.8) is 0 Å². The normalized spacial score (nSPS) is 14.4. The van der Waals surface area contributed by atoms with E-state index in [1.165, 1.54) is 24.3 Å². The van der Waals surface area contributed by atoms with Crippen molar-refractivity contribution in [3.05, 3.63) is 35.6 Å². The van der Waals surface area contributed by atoms with Gasteiger partial charge in [-0.25, -0.2) is 4.39 Å². The van der Waals surface area contributed by atoms with E-state index in [9.17, 15) is 14.3 Å². The predicted molar refractivity (Wildman–Crippen MR) is 61.3 cm³/mol. The maximum absolute atomic E-state index is 12.8. The molecule has 1 aromatic rings. The number of hydrogen-bond acceptors (Lipinski definition) is 1. The predicted octanol–water partition coefficient (Wildman–Crippen LogP) is 3.19. The number of carbonyl (C=O) groups is 1. The zero-order valence-electron chi connectivity index (χ0n) is 9.04. The molecule has 0 bridgehead atoms. The molecule has 88 valence electrons. The van der Waals surface area contributed by atoms with Gasteiger partial charge >= 0.3 is 5.97 Å². The summed E-state index contributed by atoms with van der Waals surface area (Å²) in [4.78, 5) is 11.3.